The highest BCUT2D eigenvalue weighted by atomic mass is 16.7. The molecule has 0 aliphatic carbocycles. The van der Waals surface area contributed by atoms with Crippen LogP contribution in [0.1, 0.15) is 27.7 Å². The fraction of sp³-hybridized carbons (Fsp3) is 0.167. The summed E-state index contributed by atoms with van der Waals surface area (Å²) in [7, 11) is -0.510. The summed E-state index contributed by atoms with van der Waals surface area (Å²) in [6.07, 6.45) is 0. The van der Waals surface area contributed by atoms with Gasteiger partial charge in [0.05, 0.1) is 11.2 Å². The maximum atomic E-state index is 6.49. The van der Waals surface area contributed by atoms with Gasteiger partial charge in [0.15, 0.2) is 0 Å². The molecule has 1 aliphatic heterocycles. The van der Waals surface area contributed by atoms with Gasteiger partial charge in [-0.3, -0.25) is 0 Å². The highest BCUT2D eigenvalue weighted by Crippen LogP contribution is 2.41. The van der Waals surface area contributed by atoms with E-state index in [4.69, 9.17) is 18.1 Å². The van der Waals surface area contributed by atoms with E-state index in [0.717, 1.165) is 71.6 Å². The molecule has 0 radical (unpaired) electrons. The van der Waals surface area contributed by atoms with Crippen molar-refractivity contribution in [1.82, 2.24) is 0 Å². The van der Waals surface area contributed by atoms with Gasteiger partial charge in [-0.25, -0.2) is 0 Å². The van der Waals surface area contributed by atoms with Gasteiger partial charge in [-0.2, -0.15) is 0 Å². The van der Waals surface area contributed by atoms with Crippen molar-refractivity contribution >= 4 is 56.5 Å². The van der Waals surface area contributed by atoms with Crippen molar-refractivity contribution in [1.29, 1.82) is 0 Å². The first-order valence-corrected chi connectivity index (χ1v) is 14.1. The van der Waals surface area contributed by atoms with Crippen LogP contribution in [-0.4, -0.2) is 18.3 Å². The molecule has 0 saturated carbocycles. The Balaban J connectivity index is 1.26. The van der Waals surface area contributed by atoms with Gasteiger partial charge in [-0.1, -0.05) is 91.0 Å². The van der Waals surface area contributed by atoms with Crippen LogP contribution in [-0.2, 0) is 9.31 Å². The lowest BCUT2D eigenvalue weighted by molar-refractivity contribution is 0.00578. The third-order valence-electron chi connectivity index (χ3n) is 8.97. The average Bonchev–Trinajstić information content (AvgIpc) is 3.61. The lowest BCUT2D eigenvalue weighted by Gasteiger charge is -2.32. The van der Waals surface area contributed by atoms with Crippen molar-refractivity contribution in [3.05, 3.63) is 103 Å². The fourth-order valence-corrected chi connectivity index (χ4v) is 6.05. The fourth-order valence-electron chi connectivity index (χ4n) is 6.05. The van der Waals surface area contributed by atoms with Crippen molar-refractivity contribution in [3.63, 3.8) is 0 Å². The smallest absolute Gasteiger partial charge is 0.456 e. The van der Waals surface area contributed by atoms with E-state index in [1.807, 2.05) is 24.3 Å². The molecule has 0 unspecified atom stereocenters. The molecule has 2 aromatic heterocycles. The van der Waals surface area contributed by atoms with E-state index in [1.165, 1.54) is 0 Å². The summed E-state index contributed by atoms with van der Waals surface area (Å²) in [6.45, 7) is 8.30. The number of hydrogen-bond acceptors (Lipinski definition) is 4. The normalized spacial score (nSPS) is 16.4. The number of furan rings is 2. The molecule has 0 atom stereocenters. The van der Waals surface area contributed by atoms with Crippen molar-refractivity contribution in [2.75, 3.05) is 0 Å². The maximum Gasteiger partial charge on any atom is 0.498 e. The Morgan fingerprint density at radius 1 is 0.488 bits per heavy atom. The Morgan fingerprint density at radius 3 is 1.76 bits per heavy atom. The average molecular weight is 536 g/mol. The molecule has 200 valence electrons. The van der Waals surface area contributed by atoms with E-state index >= 15 is 0 Å². The summed E-state index contributed by atoms with van der Waals surface area (Å²) in [4.78, 5) is 0. The largest absolute Gasteiger partial charge is 0.498 e. The summed E-state index contributed by atoms with van der Waals surface area (Å²) in [5.41, 5.74) is 7.92. The van der Waals surface area contributed by atoms with Gasteiger partial charge in [-0.05, 0) is 56.5 Å². The molecule has 3 heterocycles. The van der Waals surface area contributed by atoms with Gasteiger partial charge < -0.3 is 18.1 Å². The van der Waals surface area contributed by atoms with E-state index in [2.05, 4.69) is 107 Å². The van der Waals surface area contributed by atoms with Crippen LogP contribution in [0.15, 0.2) is 112 Å². The van der Waals surface area contributed by atoms with Gasteiger partial charge in [0.25, 0.3) is 0 Å². The highest BCUT2D eigenvalue weighted by molar-refractivity contribution is 6.65. The third kappa shape index (κ3) is 3.63. The third-order valence-corrected chi connectivity index (χ3v) is 8.97. The predicted molar refractivity (Wildman–Crippen MR) is 168 cm³/mol. The predicted octanol–water partition coefficient (Wildman–Crippen LogP) is 9.12. The molecular weight excluding hydrogens is 507 g/mol. The zero-order chi connectivity index (χ0) is 27.9. The van der Waals surface area contributed by atoms with Crippen molar-refractivity contribution in [3.8, 4) is 22.3 Å². The molecule has 0 N–H and O–H groups in total. The zero-order valence-corrected chi connectivity index (χ0v) is 23.5. The Bertz CT molecular complexity index is 2100. The molecule has 8 rings (SSSR count). The van der Waals surface area contributed by atoms with E-state index in [0.29, 0.717) is 0 Å². The molecule has 41 heavy (non-hydrogen) atoms. The van der Waals surface area contributed by atoms with Crippen LogP contribution in [0.3, 0.4) is 0 Å². The maximum absolute atomic E-state index is 6.49. The minimum absolute atomic E-state index is 0.437. The standard InChI is InChI=1S/C36H29BO4/c1-35(2)36(3,4)41-37(40-35)29-21-20-24(32-28-11-6-8-15-31(28)39-34(29)32)22-16-18-23(19-17-22)25-12-9-13-27-26-10-5-7-14-30(26)38-33(25)27/h5-21H,1-4H3. The highest BCUT2D eigenvalue weighted by Gasteiger charge is 2.52. The molecule has 1 saturated heterocycles. The van der Waals surface area contributed by atoms with Gasteiger partial charge >= 0.3 is 7.12 Å². The second-order valence-electron chi connectivity index (χ2n) is 12.0. The molecule has 0 spiro atoms. The molecule has 1 fully saturated rings. The summed E-state index contributed by atoms with van der Waals surface area (Å²) < 4.78 is 25.7. The minimum atomic E-state index is -0.510. The summed E-state index contributed by atoms with van der Waals surface area (Å²) >= 11 is 0. The van der Waals surface area contributed by atoms with Crippen LogP contribution < -0.4 is 5.46 Å². The summed E-state index contributed by atoms with van der Waals surface area (Å²) in [5.74, 6) is 0. The monoisotopic (exact) mass is 536 g/mol. The number of hydrogen-bond donors (Lipinski definition) is 0. The SMILES string of the molecule is CC1(C)OB(c2ccc(-c3ccc(-c4cccc5c4oc4ccccc45)cc3)c3c2oc2ccccc23)OC1(C)C. The second kappa shape index (κ2) is 8.59. The second-order valence-corrected chi connectivity index (χ2v) is 12.0. The Hall–Kier alpha value is -4.32. The summed E-state index contributed by atoms with van der Waals surface area (Å²) in [5, 5.41) is 4.41. The van der Waals surface area contributed by atoms with E-state index < -0.39 is 18.3 Å². The minimum Gasteiger partial charge on any atom is -0.456 e. The topological polar surface area (TPSA) is 44.7 Å². The molecule has 0 bridgehead atoms. The van der Waals surface area contributed by atoms with Crippen LogP contribution in [0.2, 0.25) is 0 Å². The van der Waals surface area contributed by atoms with Crippen LogP contribution in [0.5, 0.6) is 0 Å². The Morgan fingerprint density at radius 2 is 1.05 bits per heavy atom. The van der Waals surface area contributed by atoms with Gasteiger partial charge in [0.2, 0.25) is 0 Å². The molecule has 5 aromatic carbocycles. The van der Waals surface area contributed by atoms with Gasteiger partial charge in [-0.15, -0.1) is 0 Å². The van der Waals surface area contributed by atoms with Crippen molar-refractivity contribution < 1.29 is 18.1 Å². The summed E-state index contributed by atoms with van der Waals surface area (Å²) in [6, 6.07) is 35.7. The molecule has 5 heteroatoms. The first kappa shape index (κ1) is 24.5. The van der Waals surface area contributed by atoms with E-state index in [-0.39, 0.29) is 0 Å². The number of fused-ring (bicyclic) bond motifs is 6. The zero-order valence-electron chi connectivity index (χ0n) is 23.5. The lowest BCUT2D eigenvalue weighted by atomic mass is 9.77. The number of benzene rings is 5. The Labute approximate surface area is 238 Å². The molecule has 0 amide bonds. The van der Waals surface area contributed by atoms with Crippen LogP contribution in [0.4, 0.5) is 0 Å². The quantitative estimate of drug-likeness (QED) is 0.211. The first-order valence-electron chi connectivity index (χ1n) is 14.1. The lowest BCUT2D eigenvalue weighted by Crippen LogP contribution is -2.41. The first-order chi connectivity index (χ1) is 19.8. The van der Waals surface area contributed by atoms with E-state index in [1.54, 1.807) is 0 Å². The number of para-hydroxylation sites is 3. The van der Waals surface area contributed by atoms with Crippen LogP contribution >= 0.6 is 0 Å². The van der Waals surface area contributed by atoms with Crippen molar-refractivity contribution in [2.45, 2.75) is 38.9 Å². The molecular formula is C36H29BO4. The van der Waals surface area contributed by atoms with Gasteiger partial charge in [0, 0.05) is 32.6 Å². The van der Waals surface area contributed by atoms with Gasteiger partial charge in [0.1, 0.15) is 22.3 Å². The van der Waals surface area contributed by atoms with E-state index in [9.17, 15) is 0 Å². The Kier molecular flexibility index (Phi) is 5.13. The molecule has 7 aromatic rings. The van der Waals surface area contributed by atoms with Crippen LogP contribution in [0, 0.1) is 0 Å². The molecule has 1 aliphatic rings. The number of rotatable bonds is 3. The van der Waals surface area contributed by atoms with Crippen LogP contribution in [0.25, 0.3) is 66.1 Å². The van der Waals surface area contributed by atoms with Crippen molar-refractivity contribution in [2.24, 2.45) is 0 Å². The molecule has 4 nitrogen and oxygen atoms in total.